The smallest absolute Gasteiger partial charge is 0.0544 e. The number of hydrogen-bond donors (Lipinski definition) is 0. The quantitative estimate of drug-likeness (QED) is 0.709. The molecule has 1 aromatic rings. The van der Waals surface area contributed by atoms with Crippen molar-refractivity contribution in [3.05, 3.63) is 17.5 Å². The van der Waals surface area contributed by atoms with Crippen molar-refractivity contribution in [2.45, 2.75) is 44.9 Å². The zero-order valence-electron chi connectivity index (χ0n) is 8.83. The van der Waals surface area contributed by atoms with E-state index >= 15 is 0 Å². The first-order valence-electron chi connectivity index (χ1n) is 5.52. The fourth-order valence-corrected chi connectivity index (χ4v) is 2.72. The fourth-order valence-electron chi connectivity index (χ4n) is 2.15. The van der Waals surface area contributed by atoms with Crippen LogP contribution in [0.2, 0.25) is 0 Å². The summed E-state index contributed by atoms with van der Waals surface area (Å²) in [6.45, 7) is 0. The molecule has 0 radical (unpaired) electrons. The van der Waals surface area contributed by atoms with E-state index in [1.54, 1.807) is 11.9 Å². The highest BCUT2D eigenvalue weighted by atomic mass is 32.2. The first kappa shape index (κ1) is 10.1. The third-order valence-corrected chi connectivity index (χ3v) is 3.61. The van der Waals surface area contributed by atoms with Gasteiger partial charge in [-0.15, -0.1) is 0 Å². The number of aryl methyl sites for hydroxylation is 1. The van der Waals surface area contributed by atoms with Gasteiger partial charge in [-0.3, -0.25) is 0 Å². The molecule has 3 heteroatoms. The van der Waals surface area contributed by atoms with Crippen molar-refractivity contribution in [3.8, 4) is 0 Å². The molecule has 0 atom stereocenters. The van der Waals surface area contributed by atoms with Gasteiger partial charge in [-0.05, 0) is 43.2 Å². The number of hydrogen-bond acceptors (Lipinski definition) is 2. The zero-order valence-corrected chi connectivity index (χ0v) is 9.65. The molecular weight excluding hydrogens is 192 g/mol. The van der Waals surface area contributed by atoms with E-state index in [4.69, 9.17) is 0 Å². The largest absolute Gasteiger partial charge is 0.211 e. The van der Waals surface area contributed by atoms with Gasteiger partial charge in [-0.2, -0.15) is 5.10 Å². The summed E-state index contributed by atoms with van der Waals surface area (Å²) in [7, 11) is 0. The Morgan fingerprint density at radius 1 is 1.14 bits per heavy atom. The Balaban J connectivity index is 2.19. The van der Waals surface area contributed by atoms with Crippen molar-refractivity contribution in [2.24, 2.45) is 0 Å². The summed E-state index contributed by atoms with van der Waals surface area (Å²) < 4.78 is 2.10. The van der Waals surface area contributed by atoms with Gasteiger partial charge in [0, 0.05) is 6.26 Å². The standard InChI is InChI=1S/C11H18N2S/c1-14-13-11-8-6-4-2-3-5-7-10(11)9-12-13/h9H,2-8H2,1H3. The average molecular weight is 210 g/mol. The third kappa shape index (κ3) is 2.14. The summed E-state index contributed by atoms with van der Waals surface area (Å²) in [6, 6.07) is 0. The minimum absolute atomic E-state index is 1.22. The van der Waals surface area contributed by atoms with Crippen LogP contribution in [0.25, 0.3) is 0 Å². The Labute approximate surface area is 90.2 Å². The monoisotopic (exact) mass is 210 g/mol. The van der Waals surface area contributed by atoms with Gasteiger partial charge >= 0.3 is 0 Å². The van der Waals surface area contributed by atoms with Crippen LogP contribution in [-0.4, -0.2) is 15.4 Å². The zero-order chi connectivity index (χ0) is 9.80. The molecule has 14 heavy (non-hydrogen) atoms. The maximum Gasteiger partial charge on any atom is 0.0544 e. The minimum Gasteiger partial charge on any atom is -0.211 e. The van der Waals surface area contributed by atoms with Crippen LogP contribution in [0.3, 0.4) is 0 Å². The maximum atomic E-state index is 4.41. The normalized spacial score (nSPS) is 18.1. The van der Waals surface area contributed by atoms with Gasteiger partial charge in [0.1, 0.15) is 0 Å². The molecule has 0 bridgehead atoms. The van der Waals surface area contributed by atoms with Gasteiger partial charge in [-0.1, -0.05) is 19.3 Å². The van der Waals surface area contributed by atoms with Gasteiger partial charge in [0.15, 0.2) is 0 Å². The van der Waals surface area contributed by atoms with Crippen LogP contribution in [0.15, 0.2) is 6.20 Å². The fraction of sp³-hybridized carbons (Fsp3) is 0.727. The van der Waals surface area contributed by atoms with Crippen molar-refractivity contribution in [3.63, 3.8) is 0 Å². The van der Waals surface area contributed by atoms with Crippen molar-refractivity contribution in [2.75, 3.05) is 6.26 Å². The van der Waals surface area contributed by atoms with E-state index in [-0.39, 0.29) is 0 Å². The Hall–Kier alpha value is -0.440. The number of fused-ring (bicyclic) bond motifs is 1. The summed E-state index contributed by atoms with van der Waals surface area (Å²) in [5.74, 6) is 0. The number of rotatable bonds is 1. The molecule has 0 aromatic carbocycles. The lowest BCUT2D eigenvalue weighted by molar-refractivity contribution is 0.624. The molecule has 0 N–H and O–H groups in total. The highest BCUT2D eigenvalue weighted by Gasteiger charge is 2.11. The molecule has 1 heterocycles. The van der Waals surface area contributed by atoms with E-state index in [9.17, 15) is 0 Å². The van der Waals surface area contributed by atoms with Gasteiger partial charge in [0.05, 0.1) is 11.9 Å². The topological polar surface area (TPSA) is 17.8 Å². The van der Waals surface area contributed by atoms with E-state index in [0.29, 0.717) is 0 Å². The molecule has 0 aliphatic heterocycles. The highest BCUT2D eigenvalue weighted by Crippen LogP contribution is 2.21. The number of nitrogens with zero attached hydrogens (tertiary/aromatic N) is 2. The van der Waals surface area contributed by atoms with Gasteiger partial charge < -0.3 is 0 Å². The molecule has 0 amide bonds. The summed E-state index contributed by atoms with van der Waals surface area (Å²) >= 11 is 1.72. The Bertz CT molecular complexity index is 293. The predicted molar refractivity (Wildman–Crippen MR) is 61.6 cm³/mol. The van der Waals surface area contributed by atoms with Crippen LogP contribution in [0.4, 0.5) is 0 Å². The molecule has 2 rings (SSSR count). The molecular formula is C11H18N2S. The second-order valence-electron chi connectivity index (χ2n) is 3.94. The molecule has 1 aromatic heterocycles. The van der Waals surface area contributed by atoms with Gasteiger partial charge in [0.25, 0.3) is 0 Å². The van der Waals surface area contributed by atoms with Crippen molar-refractivity contribution in [1.82, 2.24) is 9.19 Å². The predicted octanol–water partition coefficient (Wildman–Crippen LogP) is 3.06. The average Bonchev–Trinajstić information content (AvgIpc) is 2.61. The molecule has 0 unspecified atom stereocenters. The van der Waals surface area contributed by atoms with Crippen LogP contribution in [-0.2, 0) is 12.8 Å². The lowest BCUT2D eigenvalue weighted by Crippen LogP contribution is -1.98. The third-order valence-electron chi connectivity index (χ3n) is 2.95. The second-order valence-corrected chi connectivity index (χ2v) is 4.65. The van der Waals surface area contributed by atoms with E-state index in [2.05, 4.69) is 21.6 Å². The van der Waals surface area contributed by atoms with E-state index in [1.165, 1.54) is 56.2 Å². The lowest BCUT2D eigenvalue weighted by atomic mass is 10.1. The Morgan fingerprint density at radius 3 is 2.64 bits per heavy atom. The Kier molecular flexibility index (Phi) is 3.51. The summed E-state index contributed by atoms with van der Waals surface area (Å²) in [6.07, 6.45) is 13.5. The van der Waals surface area contributed by atoms with Crippen LogP contribution in [0.1, 0.15) is 43.4 Å². The van der Waals surface area contributed by atoms with Crippen molar-refractivity contribution < 1.29 is 0 Å². The van der Waals surface area contributed by atoms with E-state index < -0.39 is 0 Å². The minimum atomic E-state index is 1.22. The summed E-state index contributed by atoms with van der Waals surface area (Å²) in [5.41, 5.74) is 2.96. The molecule has 2 nitrogen and oxygen atoms in total. The van der Waals surface area contributed by atoms with Crippen molar-refractivity contribution in [1.29, 1.82) is 0 Å². The first-order chi connectivity index (χ1) is 6.92. The SMILES string of the molecule is CSn1ncc2c1CCCCCCC2. The second kappa shape index (κ2) is 4.87. The van der Waals surface area contributed by atoms with Crippen LogP contribution < -0.4 is 0 Å². The molecule has 78 valence electrons. The first-order valence-corrected chi connectivity index (χ1v) is 6.70. The lowest BCUT2D eigenvalue weighted by Gasteiger charge is -2.04. The molecule has 1 aliphatic rings. The van der Waals surface area contributed by atoms with Gasteiger partial charge in [-0.25, -0.2) is 4.09 Å². The van der Waals surface area contributed by atoms with E-state index in [0.717, 1.165) is 0 Å². The summed E-state index contributed by atoms with van der Waals surface area (Å²) in [5, 5.41) is 4.41. The van der Waals surface area contributed by atoms with Crippen LogP contribution in [0.5, 0.6) is 0 Å². The van der Waals surface area contributed by atoms with Crippen LogP contribution in [0, 0.1) is 0 Å². The summed E-state index contributed by atoms with van der Waals surface area (Å²) in [4.78, 5) is 0. The molecule has 0 saturated carbocycles. The van der Waals surface area contributed by atoms with E-state index in [1.807, 2.05) is 0 Å². The van der Waals surface area contributed by atoms with Gasteiger partial charge in [0.2, 0.25) is 0 Å². The molecule has 1 aliphatic carbocycles. The van der Waals surface area contributed by atoms with Crippen molar-refractivity contribution >= 4 is 11.9 Å². The Morgan fingerprint density at radius 2 is 1.86 bits per heavy atom. The van der Waals surface area contributed by atoms with Crippen LogP contribution >= 0.6 is 11.9 Å². The molecule has 0 fully saturated rings. The molecule has 0 spiro atoms. The maximum absolute atomic E-state index is 4.41. The number of aromatic nitrogens is 2. The molecule has 0 saturated heterocycles. The highest BCUT2D eigenvalue weighted by molar-refractivity contribution is 7.97.